The first-order valence-corrected chi connectivity index (χ1v) is 9.52. The molecule has 1 aromatic carbocycles. The van der Waals surface area contributed by atoms with Crippen molar-refractivity contribution >= 4 is 5.69 Å². The number of benzene rings is 1. The molecule has 0 spiro atoms. The van der Waals surface area contributed by atoms with Crippen LogP contribution in [-0.4, -0.2) is 48.8 Å². The predicted molar refractivity (Wildman–Crippen MR) is 102 cm³/mol. The molecule has 3 rings (SSSR count). The number of anilines is 1. The molecule has 25 heavy (non-hydrogen) atoms. The van der Waals surface area contributed by atoms with Gasteiger partial charge in [0.1, 0.15) is 6.26 Å². The molecule has 136 valence electrons. The summed E-state index contributed by atoms with van der Waals surface area (Å²) in [5, 5.41) is 11.1. The third kappa shape index (κ3) is 5.31. The second kappa shape index (κ2) is 9.59. The smallest absolute Gasteiger partial charge is 0.127 e. The average Bonchev–Trinajstić information content (AvgIpc) is 3.12. The first-order valence-electron chi connectivity index (χ1n) is 9.52. The van der Waals surface area contributed by atoms with Crippen LogP contribution in [0.25, 0.3) is 0 Å². The van der Waals surface area contributed by atoms with Crippen molar-refractivity contribution < 1.29 is 4.52 Å². The van der Waals surface area contributed by atoms with E-state index in [-0.39, 0.29) is 0 Å². The topological polar surface area (TPSA) is 53.3 Å². The van der Waals surface area contributed by atoms with Crippen molar-refractivity contribution in [1.29, 1.82) is 0 Å². The molecule has 1 heterocycles. The van der Waals surface area contributed by atoms with Gasteiger partial charge in [-0.3, -0.25) is 4.90 Å². The first kappa shape index (κ1) is 18.0. The number of nitrogens with one attached hydrogen (secondary N) is 2. The summed E-state index contributed by atoms with van der Waals surface area (Å²) in [6.07, 6.45) is 6.34. The molecular formula is C20H30N4O. The van der Waals surface area contributed by atoms with Gasteiger partial charge in [-0.05, 0) is 44.4 Å². The number of hydrogen-bond acceptors (Lipinski definition) is 5. The number of rotatable bonds is 10. The molecule has 5 nitrogen and oxygen atoms in total. The molecule has 1 aromatic heterocycles. The largest absolute Gasteiger partial charge is 0.384 e. The fourth-order valence-electron chi connectivity index (χ4n) is 3.59. The van der Waals surface area contributed by atoms with E-state index in [0.717, 1.165) is 51.3 Å². The van der Waals surface area contributed by atoms with Gasteiger partial charge in [-0.1, -0.05) is 30.3 Å². The minimum Gasteiger partial charge on any atom is -0.384 e. The van der Waals surface area contributed by atoms with Gasteiger partial charge >= 0.3 is 0 Å². The Hall–Kier alpha value is -1.85. The van der Waals surface area contributed by atoms with Crippen molar-refractivity contribution in [3.8, 4) is 0 Å². The number of hydrogen-bond donors (Lipinski definition) is 2. The van der Waals surface area contributed by atoms with Gasteiger partial charge in [0, 0.05) is 43.5 Å². The summed E-state index contributed by atoms with van der Waals surface area (Å²) in [5.41, 5.74) is 3.65. The minimum absolute atomic E-state index is 0.621. The van der Waals surface area contributed by atoms with Gasteiger partial charge in [-0.25, -0.2) is 0 Å². The van der Waals surface area contributed by atoms with E-state index in [1.165, 1.54) is 24.1 Å². The lowest BCUT2D eigenvalue weighted by Crippen LogP contribution is -2.43. The van der Waals surface area contributed by atoms with E-state index in [1.54, 1.807) is 0 Å². The van der Waals surface area contributed by atoms with Gasteiger partial charge in [0.05, 0.1) is 5.69 Å². The second-order valence-corrected chi connectivity index (χ2v) is 6.76. The Balaban J connectivity index is 1.36. The molecule has 1 aliphatic carbocycles. The van der Waals surface area contributed by atoms with Crippen molar-refractivity contribution in [2.75, 3.05) is 38.0 Å². The number of para-hydroxylation sites is 1. The molecule has 0 amide bonds. The van der Waals surface area contributed by atoms with Crippen molar-refractivity contribution in [1.82, 2.24) is 15.4 Å². The molecular weight excluding hydrogens is 312 g/mol. The van der Waals surface area contributed by atoms with Crippen LogP contribution in [0.5, 0.6) is 0 Å². The maximum absolute atomic E-state index is 5.13. The van der Waals surface area contributed by atoms with Crippen LogP contribution in [0, 0.1) is 0 Å². The highest BCUT2D eigenvalue weighted by molar-refractivity contribution is 5.42. The van der Waals surface area contributed by atoms with Crippen molar-refractivity contribution in [2.24, 2.45) is 0 Å². The van der Waals surface area contributed by atoms with Crippen LogP contribution in [-0.2, 0) is 12.8 Å². The molecule has 0 saturated carbocycles. The van der Waals surface area contributed by atoms with Crippen LogP contribution in [0.4, 0.5) is 5.69 Å². The molecule has 0 fully saturated rings. The minimum atomic E-state index is 0.621. The van der Waals surface area contributed by atoms with Crippen LogP contribution in [0.1, 0.15) is 31.0 Å². The zero-order valence-corrected chi connectivity index (χ0v) is 15.2. The van der Waals surface area contributed by atoms with Gasteiger partial charge in [0.25, 0.3) is 0 Å². The van der Waals surface area contributed by atoms with Crippen LogP contribution in [0.15, 0.2) is 41.1 Å². The normalized spacial score (nSPS) is 16.8. The fourth-order valence-corrected chi connectivity index (χ4v) is 3.59. The molecule has 1 aliphatic rings. The lowest BCUT2D eigenvalue weighted by atomic mass is 9.92. The third-order valence-corrected chi connectivity index (χ3v) is 4.91. The predicted octanol–water partition coefficient (Wildman–Crippen LogP) is 2.95. The lowest BCUT2D eigenvalue weighted by molar-refractivity contribution is 0.180. The maximum Gasteiger partial charge on any atom is 0.127 e. The van der Waals surface area contributed by atoms with Gasteiger partial charge in [0.15, 0.2) is 0 Å². The van der Waals surface area contributed by atoms with Gasteiger partial charge in [0.2, 0.25) is 0 Å². The van der Waals surface area contributed by atoms with Gasteiger partial charge in [-0.15, -0.1) is 0 Å². The molecule has 1 atom stereocenters. The maximum atomic E-state index is 5.13. The van der Waals surface area contributed by atoms with E-state index >= 15 is 0 Å². The van der Waals surface area contributed by atoms with Crippen LogP contribution >= 0.6 is 0 Å². The summed E-state index contributed by atoms with van der Waals surface area (Å²) in [7, 11) is 0. The van der Waals surface area contributed by atoms with E-state index in [1.807, 2.05) is 12.3 Å². The Morgan fingerprint density at radius 2 is 2.04 bits per heavy atom. The fraction of sp³-hybridized carbons (Fsp3) is 0.550. The summed E-state index contributed by atoms with van der Waals surface area (Å²) in [5.74, 6) is 0. The van der Waals surface area contributed by atoms with Crippen molar-refractivity contribution in [3.63, 3.8) is 0 Å². The zero-order chi connectivity index (χ0) is 17.3. The molecule has 0 radical (unpaired) electrons. The summed E-state index contributed by atoms with van der Waals surface area (Å²) in [6.45, 7) is 7.49. The zero-order valence-electron chi connectivity index (χ0n) is 15.2. The highest BCUT2D eigenvalue weighted by Gasteiger charge is 2.25. The Morgan fingerprint density at radius 1 is 1.16 bits per heavy atom. The van der Waals surface area contributed by atoms with E-state index in [4.69, 9.17) is 4.52 Å². The third-order valence-electron chi connectivity index (χ3n) is 4.91. The Morgan fingerprint density at radius 3 is 2.88 bits per heavy atom. The number of aromatic nitrogens is 1. The molecule has 5 heteroatoms. The molecule has 0 saturated heterocycles. The second-order valence-electron chi connectivity index (χ2n) is 6.76. The van der Waals surface area contributed by atoms with E-state index in [9.17, 15) is 0 Å². The van der Waals surface area contributed by atoms with E-state index in [2.05, 4.69) is 51.9 Å². The monoisotopic (exact) mass is 342 g/mol. The Labute approximate surface area is 150 Å². The molecule has 0 aliphatic heterocycles. The first-order chi connectivity index (χ1) is 12.4. The standard InChI is InChI=1S/C20H30N4O/c1-2-13-24(19-8-9-20-17(15-19)16-25-23-20)14-12-21-10-11-22-18-6-4-3-5-7-18/h3-7,16,19,21-22H,2,8-15H2,1H3. The van der Waals surface area contributed by atoms with Crippen LogP contribution in [0.2, 0.25) is 0 Å². The van der Waals surface area contributed by atoms with E-state index < -0.39 is 0 Å². The SMILES string of the molecule is CCCN(CCNCCNc1ccccc1)C1CCc2nocc2C1. The van der Waals surface area contributed by atoms with Crippen molar-refractivity contribution in [2.45, 2.75) is 38.6 Å². The van der Waals surface area contributed by atoms with E-state index in [0.29, 0.717) is 6.04 Å². The average molecular weight is 342 g/mol. The number of nitrogens with zero attached hydrogens (tertiary/aromatic N) is 2. The summed E-state index contributed by atoms with van der Waals surface area (Å²) < 4.78 is 5.13. The highest BCUT2D eigenvalue weighted by Crippen LogP contribution is 2.23. The Bertz CT molecular complexity index is 613. The van der Waals surface area contributed by atoms with Crippen LogP contribution < -0.4 is 10.6 Å². The number of aryl methyl sites for hydroxylation is 1. The highest BCUT2D eigenvalue weighted by atomic mass is 16.5. The summed E-state index contributed by atoms with van der Waals surface area (Å²) >= 11 is 0. The summed E-state index contributed by atoms with van der Waals surface area (Å²) in [4.78, 5) is 2.63. The lowest BCUT2D eigenvalue weighted by Gasteiger charge is -2.33. The van der Waals surface area contributed by atoms with Crippen molar-refractivity contribution in [3.05, 3.63) is 47.9 Å². The molecule has 1 unspecified atom stereocenters. The van der Waals surface area contributed by atoms with Gasteiger partial charge in [-0.2, -0.15) is 0 Å². The molecule has 2 N–H and O–H groups in total. The molecule has 0 bridgehead atoms. The Kier molecular flexibility index (Phi) is 6.89. The number of fused-ring (bicyclic) bond motifs is 1. The van der Waals surface area contributed by atoms with Crippen LogP contribution in [0.3, 0.4) is 0 Å². The summed E-state index contributed by atoms with van der Waals surface area (Å²) in [6, 6.07) is 11.0. The van der Waals surface area contributed by atoms with Gasteiger partial charge < -0.3 is 15.2 Å². The quantitative estimate of drug-likeness (QED) is 0.650. The molecule has 2 aromatic rings.